The van der Waals surface area contributed by atoms with E-state index < -0.39 is 16.0 Å². The molecule has 136 valence electrons. The van der Waals surface area contributed by atoms with Crippen LogP contribution >= 0.6 is 0 Å². The van der Waals surface area contributed by atoms with Crippen LogP contribution in [0.1, 0.15) is 16.1 Å². The van der Waals surface area contributed by atoms with Gasteiger partial charge in [0, 0.05) is 16.6 Å². The third kappa shape index (κ3) is 3.02. The van der Waals surface area contributed by atoms with E-state index in [9.17, 15) is 18.3 Å². The molecule has 1 aromatic heterocycles. The summed E-state index contributed by atoms with van der Waals surface area (Å²) in [4.78, 5) is 11.4. The Bertz CT molecular complexity index is 1300. The van der Waals surface area contributed by atoms with Gasteiger partial charge in [0.25, 0.3) is 10.0 Å². The molecule has 27 heavy (non-hydrogen) atoms. The molecule has 0 aliphatic rings. The number of nitrogens with one attached hydrogen (secondary N) is 1. The molecule has 0 amide bonds. The minimum atomic E-state index is -3.84. The Morgan fingerprint density at radius 1 is 1.00 bits per heavy atom. The maximum absolute atomic E-state index is 12.7. The highest BCUT2D eigenvalue weighted by molar-refractivity contribution is 7.92. The zero-order chi connectivity index (χ0) is 19.2. The number of sulfonamides is 1. The summed E-state index contributed by atoms with van der Waals surface area (Å²) in [6, 6.07) is 16.8. The summed E-state index contributed by atoms with van der Waals surface area (Å²) in [7, 11) is -3.84. The Labute approximate surface area is 155 Å². The summed E-state index contributed by atoms with van der Waals surface area (Å²) in [6.07, 6.45) is 0. The number of carbonyl (C=O) groups excluding carboxylic acids is 1. The van der Waals surface area contributed by atoms with Gasteiger partial charge < -0.3 is 14.3 Å². The lowest BCUT2D eigenvalue weighted by Gasteiger charge is -2.09. The lowest BCUT2D eigenvalue weighted by molar-refractivity contribution is -0.254. The number of rotatable bonds is 4. The summed E-state index contributed by atoms with van der Waals surface area (Å²) in [5.74, 6) is -1.17. The second kappa shape index (κ2) is 6.14. The van der Waals surface area contributed by atoms with Crippen LogP contribution in [0.25, 0.3) is 21.7 Å². The summed E-state index contributed by atoms with van der Waals surface area (Å²) >= 11 is 0. The molecule has 6 nitrogen and oxygen atoms in total. The van der Waals surface area contributed by atoms with E-state index in [1.807, 2.05) is 24.3 Å². The summed E-state index contributed by atoms with van der Waals surface area (Å²) in [5.41, 5.74) is 0.496. The van der Waals surface area contributed by atoms with Gasteiger partial charge in [-0.1, -0.05) is 30.3 Å². The minimum Gasteiger partial charge on any atom is -0.545 e. The number of hydrogen-bond donors (Lipinski definition) is 1. The largest absolute Gasteiger partial charge is 0.545 e. The summed E-state index contributed by atoms with van der Waals surface area (Å²) in [5, 5.41) is 13.4. The number of benzene rings is 3. The fourth-order valence-corrected chi connectivity index (χ4v) is 4.17. The molecule has 0 spiro atoms. The molecule has 0 bridgehead atoms. The highest BCUT2D eigenvalue weighted by Gasteiger charge is 2.17. The second-order valence-electron chi connectivity index (χ2n) is 6.15. The van der Waals surface area contributed by atoms with Crippen molar-refractivity contribution in [1.82, 2.24) is 0 Å². The quantitative estimate of drug-likeness (QED) is 0.587. The average Bonchev–Trinajstić information content (AvgIpc) is 2.96. The van der Waals surface area contributed by atoms with Crippen LogP contribution in [0.2, 0.25) is 0 Å². The smallest absolute Gasteiger partial charge is 0.261 e. The Hall–Kier alpha value is -3.32. The lowest BCUT2D eigenvalue weighted by atomic mass is 10.1. The standard InChI is InChI=1S/C20H15NO5S/c1-12-19(20(22)23)17-11-15(7-9-18(17)26-12)21-27(24,25)16-8-6-13-4-2-3-5-14(13)10-16/h2-11,21H,1H3,(H,22,23)/p-1. The highest BCUT2D eigenvalue weighted by Crippen LogP contribution is 2.29. The van der Waals surface area contributed by atoms with Gasteiger partial charge in [-0.05, 0) is 48.0 Å². The predicted octanol–water partition coefficient (Wildman–Crippen LogP) is 3.06. The van der Waals surface area contributed by atoms with E-state index in [0.717, 1.165) is 10.8 Å². The fourth-order valence-electron chi connectivity index (χ4n) is 3.09. The Morgan fingerprint density at radius 3 is 2.48 bits per heavy atom. The second-order valence-corrected chi connectivity index (χ2v) is 7.83. The van der Waals surface area contributed by atoms with E-state index in [2.05, 4.69) is 4.72 Å². The van der Waals surface area contributed by atoms with Crippen molar-refractivity contribution < 1.29 is 22.7 Å². The van der Waals surface area contributed by atoms with Crippen LogP contribution in [0, 0.1) is 6.92 Å². The van der Waals surface area contributed by atoms with Crippen molar-refractivity contribution in [2.45, 2.75) is 11.8 Å². The summed E-state index contributed by atoms with van der Waals surface area (Å²) < 4.78 is 33.3. The number of carbonyl (C=O) groups is 1. The molecule has 0 unspecified atom stereocenters. The van der Waals surface area contributed by atoms with E-state index in [1.54, 1.807) is 12.1 Å². The number of aromatic carboxylic acids is 1. The van der Waals surface area contributed by atoms with Crippen LogP contribution in [-0.2, 0) is 10.0 Å². The molecular weight excluding hydrogens is 366 g/mol. The van der Waals surface area contributed by atoms with Crippen molar-refractivity contribution in [3.8, 4) is 0 Å². The molecule has 4 aromatic rings. The number of anilines is 1. The molecule has 0 aliphatic heterocycles. The fraction of sp³-hybridized carbons (Fsp3) is 0.0500. The predicted molar refractivity (Wildman–Crippen MR) is 100 cm³/mol. The molecular formula is C20H14NO5S-. The lowest BCUT2D eigenvalue weighted by Crippen LogP contribution is -2.22. The Kier molecular flexibility index (Phi) is 3.89. The first-order valence-corrected chi connectivity index (χ1v) is 9.59. The zero-order valence-electron chi connectivity index (χ0n) is 14.2. The number of aryl methyl sites for hydroxylation is 1. The minimum absolute atomic E-state index is 0.0863. The number of furan rings is 1. The van der Waals surface area contributed by atoms with E-state index in [1.165, 1.54) is 31.2 Å². The molecule has 0 saturated heterocycles. The topological polar surface area (TPSA) is 99.4 Å². The van der Waals surface area contributed by atoms with Gasteiger partial charge in [-0.3, -0.25) is 4.72 Å². The molecule has 0 saturated carbocycles. The molecule has 0 atom stereocenters. The first kappa shape index (κ1) is 17.1. The molecule has 3 aromatic carbocycles. The SMILES string of the molecule is Cc1oc2ccc(NS(=O)(=O)c3ccc4ccccc4c3)cc2c1C(=O)[O-]. The maximum atomic E-state index is 12.7. The normalized spacial score (nSPS) is 11.7. The first-order valence-electron chi connectivity index (χ1n) is 8.11. The molecule has 7 heteroatoms. The number of carboxylic acids is 1. The maximum Gasteiger partial charge on any atom is 0.261 e. The number of hydrogen-bond acceptors (Lipinski definition) is 5. The Balaban J connectivity index is 1.75. The van der Waals surface area contributed by atoms with Crippen molar-refractivity contribution in [2.75, 3.05) is 4.72 Å². The van der Waals surface area contributed by atoms with Crippen molar-refractivity contribution >= 4 is 43.4 Å². The van der Waals surface area contributed by atoms with Crippen LogP contribution < -0.4 is 9.83 Å². The van der Waals surface area contributed by atoms with Crippen molar-refractivity contribution in [1.29, 1.82) is 0 Å². The van der Waals surface area contributed by atoms with E-state index in [4.69, 9.17) is 4.42 Å². The first-order chi connectivity index (χ1) is 12.8. The van der Waals surface area contributed by atoms with Gasteiger partial charge in [0.2, 0.25) is 0 Å². The highest BCUT2D eigenvalue weighted by atomic mass is 32.2. The van der Waals surface area contributed by atoms with Gasteiger partial charge in [-0.25, -0.2) is 8.42 Å². The Morgan fingerprint density at radius 2 is 1.74 bits per heavy atom. The van der Waals surface area contributed by atoms with Crippen LogP contribution in [0.4, 0.5) is 5.69 Å². The van der Waals surface area contributed by atoms with Gasteiger partial charge in [0.05, 0.1) is 10.9 Å². The number of fused-ring (bicyclic) bond motifs is 2. The van der Waals surface area contributed by atoms with E-state index in [-0.39, 0.29) is 27.3 Å². The van der Waals surface area contributed by atoms with Crippen LogP contribution in [0.5, 0.6) is 0 Å². The van der Waals surface area contributed by atoms with Gasteiger partial charge >= 0.3 is 0 Å². The summed E-state index contributed by atoms with van der Waals surface area (Å²) in [6.45, 7) is 1.52. The van der Waals surface area contributed by atoms with Gasteiger partial charge in [-0.2, -0.15) is 0 Å². The van der Waals surface area contributed by atoms with E-state index >= 15 is 0 Å². The molecule has 0 fully saturated rings. The van der Waals surface area contributed by atoms with Crippen LogP contribution in [-0.4, -0.2) is 14.4 Å². The zero-order valence-corrected chi connectivity index (χ0v) is 15.0. The number of carboxylic acid groups (broad SMARTS) is 1. The molecule has 0 radical (unpaired) electrons. The van der Waals surface area contributed by atoms with Crippen molar-refractivity contribution in [3.05, 3.63) is 72.0 Å². The monoisotopic (exact) mass is 380 g/mol. The molecule has 4 rings (SSSR count). The van der Waals surface area contributed by atoms with Crippen LogP contribution in [0.15, 0.2) is 70.0 Å². The van der Waals surface area contributed by atoms with Gasteiger partial charge in [0.15, 0.2) is 0 Å². The molecule has 0 aliphatic carbocycles. The average molecular weight is 380 g/mol. The molecule has 1 N–H and O–H groups in total. The third-order valence-corrected chi connectivity index (χ3v) is 5.73. The van der Waals surface area contributed by atoms with Crippen molar-refractivity contribution in [2.24, 2.45) is 0 Å². The third-order valence-electron chi connectivity index (χ3n) is 4.35. The van der Waals surface area contributed by atoms with Crippen molar-refractivity contribution in [3.63, 3.8) is 0 Å². The van der Waals surface area contributed by atoms with Gasteiger partial charge in [0.1, 0.15) is 11.3 Å². The molecule has 1 heterocycles. The van der Waals surface area contributed by atoms with Crippen LogP contribution in [0.3, 0.4) is 0 Å². The van der Waals surface area contributed by atoms with Gasteiger partial charge in [-0.15, -0.1) is 0 Å². The van der Waals surface area contributed by atoms with E-state index in [0.29, 0.717) is 5.58 Å².